The van der Waals surface area contributed by atoms with Crippen molar-refractivity contribution in [1.82, 2.24) is 20.0 Å². The molecule has 24 heavy (non-hydrogen) atoms. The second kappa shape index (κ2) is 10.3. The van der Waals surface area contributed by atoms with Crippen LogP contribution in [0.25, 0.3) is 0 Å². The number of hydrogen-bond donors (Lipinski definition) is 3. The molecule has 0 aromatic carbocycles. The number of fused-ring (bicyclic) bond motifs is 3. The minimum absolute atomic E-state index is 0.0179. The highest BCUT2D eigenvalue weighted by atomic mass is 31.2. The second-order valence-corrected chi connectivity index (χ2v) is 10.6. The monoisotopic (exact) mass is 381 g/mol. The topological polar surface area (TPSA) is 96.3 Å². The summed E-state index contributed by atoms with van der Waals surface area (Å²) in [5.41, 5.74) is 0. The van der Waals surface area contributed by atoms with Crippen LogP contribution in [-0.4, -0.2) is 102 Å². The summed E-state index contributed by atoms with van der Waals surface area (Å²) in [6.07, 6.45) is 2.08. The molecule has 0 aromatic heterocycles. The van der Waals surface area contributed by atoms with E-state index in [1.807, 2.05) is 4.90 Å². The fourth-order valence-corrected chi connectivity index (χ4v) is 6.12. The minimum atomic E-state index is -3.58. The van der Waals surface area contributed by atoms with Crippen LogP contribution in [0.2, 0.25) is 0 Å². The van der Waals surface area contributed by atoms with Gasteiger partial charge in [-0.2, -0.15) is 4.89 Å². The van der Waals surface area contributed by atoms with Crippen molar-refractivity contribution in [1.29, 1.82) is 0 Å². The summed E-state index contributed by atoms with van der Waals surface area (Å²) in [6, 6.07) is 0. The normalized spacial score (nSPS) is 31.2. The zero-order valence-electron chi connectivity index (χ0n) is 14.3. The van der Waals surface area contributed by atoms with Crippen LogP contribution in [-0.2, 0) is 9.13 Å². The first-order valence-electron chi connectivity index (χ1n) is 8.77. The molecule has 4 unspecified atom stereocenters. The summed E-state index contributed by atoms with van der Waals surface area (Å²) in [6.45, 7) is 9.58. The molecule has 2 heterocycles. The van der Waals surface area contributed by atoms with Crippen molar-refractivity contribution in [2.45, 2.75) is 12.8 Å². The fourth-order valence-electron chi connectivity index (χ4n) is 3.34. The molecule has 4 atom stereocenters. The van der Waals surface area contributed by atoms with E-state index in [1.165, 1.54) is 0 Å². The van der Waals surface area contributed by atoms with Gasteiger partial charge in [-0.25, -0.2) is 0 Å². The summed E-state index contributed by atoms with van der Waals surface area (Å²) < 4.78 is 23.1. The molecule has 0 amide bonds. The third kappa shape index (κ3) is 7.98. The summed E-state index contributed by atoms with van der Waals surface area (Å²) in [5.74, 6) is -0.500. The molecular formula is C14H31N4O4P2+. The number of nitrogens with zero attached hydrogens (tertiary/aromatic N) is 3. The Balaban J connectivity index is 1.96. The van der Waals surface area contributed by atoms with E-state index in [0.29, 0.717) is 0 Å². The van der Waals surface area contributed by atoms with Gasteiger partial charge in [-0.15, -0.1) is 0 Å². The molecule has 2 saturated heterocycles. The first-order chi connectivity index (χ1) is 11.4. The van der Waals surface area contributed by atoms with Crippen molar-refractivity contribution in [3.63, 3.8) is 0 Å². The van der Waals surface area contributed by atoms with Gasteiger partial charge in [0.25, 0.3) is 13.3 Å². The van der Waals surface area contributed by atoms with Gasteiger partial charge in [0, 0.05) is 39.3 Å². The molecule has 0 saturated carbocycles. The van der Waals surface area contributed by atoms with Crippen LogP contribution in [0.5, 0.6) is 0 Å². The molecule has 0 radical (unpaired) electrons. The highest BCUT2D eigenvalue weighted by Gasteiger charge is 2.32. The predicted octanol–water partition coefficient (Wildman–Crippen LogP) is 0.210. The van der Waals surface area contributed by atoms with E-state index >= 15 is 0 Å². The molecule has 2 aliphatic rings. The van der Waals surface area contributed by atoms with E-state index in [9.17, 15) is 14.0 Å². The quantitative estimate of drug-likeness (QED) is 0.595. The zero-order chi connectivity index (χ0) is 17.4. The smallest absolute Gasteiger partial charge is 0.340 e. The largest absolute Gasteiger partial charge is 0.515 e. The molecule has 2 bridgehead atoms. The van der Waals surface area contributed by atoms with Crippen molar-refractivity contribution in [3.05, 3.63) is 0 Å². The molecule has 3 N–H and O–H groups in total. The SMILES string of the molecule is O=[P+](O)CP(=O)(O)CN1CCCN2CCNCCCN(CC2)CC1. The van der Waals surface area contributed by atoms with Crippen LogP contribution >= 0.6 is 15.4 Å². The Kier molecular flexibility index (Phi) is 8.75. The van der Waals surface area contributed by atoms with E-state index in [-0.39, 0.29) is 6.29 Å². The molecule has 2 aliphatic heterocycles. The lowest BCUT2D eigenvalue weighted by molar-refractivity contribution is 0.150. The van der Waals surface area contributed by atoms with Gasteiger partial charge in [0.15, 0.2) is 0 Å². The lowest BCUT2D eigenvalue weighted by atomic mass is 10.2. The van der Waals surface area contributed by atoms with Gasteiger partial charge in [-0.1, -0.05) is 0 Å². The average Bonchev–Trinajstić information content (AvgIpc) is 2.50. The van der Waals surface area contributed by atoms with Gasteiger partial charge in [0.05, 0.1) is 6.29 Å². The minimum Gasteiger partial charge on any atom is -0.340 e. The molecule has 2 rings (SSSR count). The van der Waals surface area contributed by atoms with Gasteiger partial charge in [-0.05, 0) is 43.6 Å². The first-order valence-corrected chi connectivity index (χ1v) is 12.2. The summed E-state index contributed by atoms with van der Waals surface area (Å²) in [4.78, 5) is 25.8. The molecule has 140 valence electrons. The second-order valence-electron chi connectivity index (χ2n) is 6.74. The van der Waals surface area contributed by atoms with Gasteiger partial charge in [0.2, 0.25) is 0 Å². The van der Waals surface area contributed by atoms with E-state index in [2.05, 4.69) is 15.1 Å². The first kappa shape index (κ1) is 20.4. The van der Waals surface area contributed by atoms with Crippen molar-refractivity contribution >= 4 is 15.4 Å². The Morgan fingerprint density at radius 1 is 0.917 bits per heavy atom. The lowest BCUT2D eigenvalue weighted by Gasteiger charge is -2.34. The summed E-state index contributed by atoms with van der Waals surface area (Å²) >= 11 is 0. The van der Waals surface area contributed by atoms with Gasteiger partial charge >= 0.3 is 8.03 Å². The maximum atomic E-state index is 12.2. The van der Waals surface area contributed by atoms with Crippen molar-refractivity contribution in [2.24, 2.45) is 0 Å². The maximum absolute atomic E-state index is 12.2. The van der Waals surface area contributed by atoms with Crippen LogP contribution in [0.15, 0.2) is 0 Å². The van der Waals surface area contributed by atoms with E-state index in [4.69, 9.17) is 4.89 Å². The third-order valence-electron chi connectivity index (χ3n) is 4.61. The van der Waals surface area contributed by atoms with Crippen molar-refractivity contribution in [2.75, 3.05) is 77.6 Å². The lowest BCUT2D eigenvalue weighted by Crippen LogP contribution is -2.46. The van der Waals surface area contributed by atoms with E-state index in [1.54, 1.807) is 0 Å². The third-order valence-corrected chi connectivity index (χ3v) is 8.19. The Morgan fingerprint density at radius 3 is 2.33 bits per heavy atom. The molecule has 8 nitrogen and oxygen atoms in total. The molecular weight excluding hydrogens is 350 g/mol. The van der Waals surface area contributed by atoms with Gasteiger partial charge < -0.3 is 20.0 Å². The average molecular weight is 381 g/mol. The standard InChI is InChI=1S/C14H30N4O4P2/c19-23(20)14-24(21,22)13-18-7-2-6-16-8-4-15-3-1-5-17(10-9-16)11-12-18/h15H,1-14H2,(H-,19,20,21,22)/p+1. The van der Waals surface area contributed by atoms with Gasteiger partial charge in [0.1, 0.15) is 0 Å². The van der Waals surface area contributed by atoms with Crippen LogP contribution < -0.4 is 5.32 Å². The Bertz CT molecular complexity index is 454. The van der Waals surface area contributed by atoms with E-state index < -0.39 is 21.3 Å². The molecule has 2 fully saturated rings. The Labute approximate surface area is 145 Å². The Morgan fingerprint density at radius 2 is 1.58 bits per heavy atom. The number of rotatable bonds is 4. The van der Waals surface area contributed by atoms with Crippen molar-refractivity contribution < 1.29 is 18.9 Å². The summed E-state index contributed by atoms with van der Waals surface area (Å²) in [5, 5.41) is 3.48. The van der Waals surface area contributed by atoms with Gasteiger partial charge in [-0.3, -0.25) is 9.46 Å². The molecule has 0 spiro atoms. The van der Waals surface area contributed by atoms with Crippen LogP contribution in [0.4, 0.5) is 0 Å². The molecule has 0 aliphatic carbocycles. The molecule has 0 aromatic rings. The number of hydrogen-bond acceptors (Lipinski definition) is 6. The predicted molar refractivity (Wildman–Crippen MR) is 95.9 cm³/mol. The maximum Gasteiger partial charge on any atom is 0.515 e. The fraction of sp³-hybridized carbons (Fsp3) is 1.00. The van der Waals surface area contributed by atoms with Crippen LogP contribution in [0.3, 0.4) is 0 Å². The molecule has 10 heteroatoms. The summed E-state index contributed by atoms with van der Waals surface area (Å²) in [7, 11) is -6.15. The number of nitrogens with one attached hydrogen (secondary N) is 1. The highest BCUT2D eigenvalue weighted by Crippen LogP contribution is 2.47. The van der Waals surface area contributed by atoms with Crippen molar-refractivity contribution in [3.8, 4) is 0 Å². The van der Waals surface area contributed by atoms with E-state index in [0.717, 1.165) is 78.3 Å². The highest BCUT2D eigenvalue weighted by molar-refractivity contribution is 7.68. The van der Waals surface area contributed by atoms with Crippen LogP contribution in [0.1, 0.15) is 12.8 Å². The zero-order valence-corrected chi connectivity index (χ0v) is 16.1. The van der Waals surface area contributed by atoms with Crippen LogP contribution in [0, 0.1) is 0 Å². The Hall–Kier alpha value is 0.0900.